The van der Waals surface area contributed by atoms with E-state index < -0.39 is 5.92 Å². The van der Waals surface area contributed by atoms with Crippen LogP contribution in [0.1, 0.15) is 29.0 Å². The van der Waals surface area contributed by atoms with Crippen LogP contribution < -0.4 is 15.6 Å². The van der Waals surface area contributed by atoms with Crippen LogP contribution in [0.4, 0.5) is 5.82 Å². The Morgan fingerprint density at radius 3 is 2.78 bits per heavy atom. The summed E-state index contributed by atoms with van der Waals surface area (Å²) in [6, 6.07) is 14.9. The van der Waals surface area contributed by atoms with Gasteiger partial charge in [0.2, 0.25) is 5.91 Å². The monoisotopic (exact) mass is 467 g/mol. The maximum atomic E-state index is 13.1. The van der Waals surface area contributed by atoms with Crippen molar-refractivity contribution in [2.75, 3.05) is 11.1 Å². The average molecular weight is 468 g/mol. The van der Waals surface area contributed by atoms with Gasteiger partial charge in [0.25, 0.3) is 5.56 Å². The fourth-order valence-corrected chi connectivity index (χ4v) is 4.62. The van der Waals surface area contributed by atoms with E-state index in [9.17, 15) is 9.59 Å². The fourth-order valence-electron chi connectivity index (χ4n) is 3.73. The maximum absolute atomic E-state index is 13.1. The van der Waals surface area contributed by atoms with Crippen molar-refractivity contribution in [3.05, 3.63) is 93.3 Å². The molecular formula is C24H22ClN3O3S. The number of hydrogen-bond acceptors (Lipinski definition) is 5. The summed E-state index contributed by atoms with van der Waals surface area (Å²) >= 11 is 7.65. The number of rotatable bonds is 7. The third-order valence-corrected chi connectivity index (χ3v) is 6.66. The highest BCUT2D eigenvalue weighted by Crippen LogP contribution is 2.39. The summed E-state index contributed by atoms with van der Waals surface area (Å²) in [7, 11) is 1.79. The number of nitrogens with one attached hydrogen (secondary N) is 1. The topological polar surface area (TPSA) is 73.2 Å². The summed E-state index contributed by atoms with van der Waals surface area (Å²) in [5.41, 5.74) is 1.73. The lowest BCUT2D eigenvalue weighted by Gasteiger charge is -2.28. The first-order valence-corrected chi connectivity index (χ1v) is 11.5. The predicted octanol–water partition coefficient (Wildman–Crippen LogP) is 4.76. The minimum atomic E-state index is -0.467. The highest BCUT2D eigenvalue weighted by Gasteiger charge is 2.33. The van der Waals surface area contributed by atoms with E-state index >= 15 is 0 Å². The lowest BCUT2D eigenvalue weighted by molar-refractivity contribution is -0.116. The molecule has 164 valence electrons. The molecule has 8 heteroatoms. The van der Waals surface area contributed by atoms with Crippen molar-refractivity contribution < 1.29 is 9.53 Å². The zero-order chi connectivity index (χ0) is 22.7. The number of amides is 1. The molecule has 0 saturated carbocycles. The van der Waals surface area contributed by atoms with Gasteiger partial charge in [-0.25, -0.2) is 0 Å². The number of aromatic nitrogens is 2. The van der Waals surface area contributed by atoms with Gasteiger partial charge in [-0.3, -0.25) is 9.59 Å². The molecule has 1 aliphatic heterocycles. The number of ether oxygens (including phenoxy) is 1. The number of benzene rings is 2. The number of carbonyl (C=O) groups excluding carboxylic acids is 1. The summed E-state index contributed by atoms with van der Waals surface area (Å²) < 4.78 is 7.85. The van der Waals surface area contributed by atoms with E-state index in [4.69, 9.17) is 16.3 Å². The van der Waals surface area contributed by atoms with E-state index in [1.807, 2.05) is 48.5 Å². The molecule has 6 nitrogen and oxygen atoms in total. The SMILES string of the molecule is C=CCSc1nc(=O)c2c(n1C)NC(=O)C[C@H]2c1ccccc1OCc1ccccc1Cl. The normalized spacial score (nSPS) is 15.1. The van der Waals surface area contributed by atoms with Gasteiger partial charge in [0.1, 0.15) is 18.2 Å². The number of anilines is 1. The van der Waals surface area contributed by atoms with Crippen LogP contribution in [0.25, 0.3) is 0 Å². The van der Waals surface area contributed by atoms with E-state index in [1.165, 1.54) is 11.8 Å². The van der Waals surface area contributed by atoms with E-state index in [2.05, 4.69) is 16.9 Å². The number of hydrogen-bond donors (Lipinski definition) is 1. The summed E-state index contributed by atoms with van der Waals surface area (Å²) in [4.78, 5) is 29.9. The van der Waals surface area contributed by atoms with Gasteiger partial charge in [0, 0.05) is 41.3 Å². The highest BCUT2D eigenvalue weighted by atomic mass is 35.5. The Labute approximate surface area is 195 Å². The van der Waals surface area contributed by atoms with Crippen LogP contribution in [-0.2, 0) is 18.4 Å². The maximum Gasteiger partial charge on any atom is 0.279 e. The summed E-state index contributed by atoms with van der Waals surface area (Å²) in [6.07, 6.45) is 1.87. The van der Waals surface area contributed by atoms with Gasteiger partial charge in [-0.05, 0) is 12.1 Å². The molecule has 1 amide bonds. The second kappa shape index (κ2) is 9.63. The molecule has 0 radical (unpaired) electrons. The Hall–Kier alpha value is -3.03. The van der Waals surface area contributed by atoms with E-state index in [0.29, 0.717) is 33.1 Å². The molecule has 0 aliphatic carbocycles. The van der Waals surface area contributed by atoms with Gasteiger partial charge in [-0.1, -0.05) is 65.8 Å². The van der Waals surface area contributed by atoms with Crippen LogP contribution >= 0.6 is 23.4 Å². The number of halogens is 1. The van der Waals surface area contributed by atoms with Crippen molar-refractivity contribution in [3.63, 3.8) is 0 Å². The molecule has 1 N–H and O–H groups in total. The molecule has 0 bridgehead atoms. The number of thioether (sulfide) groups is 1. The third-order valence-electron chi connectivity index (χ3n) is 5.27. The Kier molecular flexibility index (Phi) is 6.67. The first-order chi connectivity index (χ1) is 15.5. The number of nitrogens with zero attached hydrogens (tertiary/aromatic N) is 2. The molecule has 0 saturated heterocycles. The average Bonchev–Trinajstić information content (AvgIpc) is 2.79. The van der Waals surface area contributed by atoms with Gasteiger partial charge in [-0.15, -0.1) is 6.58 Å². The first-order valence-electron chi connectivity index (χ1n) is 10.1. The van der Waals surface area contributed by atoms with Crippen LogP contribution in [-0.4, -0.2) is 21.2 Å². The Morgan fingerprint density at radius 2 is 2.00 bits per heavy atom. The van der Waals surface area contributed by atoms with E-state index in [0.717, 1.165) is 11.1 Å². The van der Waals surface area contributed by atoms with Crippen LogP contribution in [0.2, 0.25) is 5.02 Å². The molecule has 2 aromatic carbocycles. The number of fused-ring (bicyclic) bond motifs is 1. The molecule has 1 aliphatic rings. The molecule has 1 aromatic heterocycles. The summed E-state index contributed by atoms with van der Waals surface area (Å²) in [5, 5.41) is 4.00. The molecule has 0 fully saturated rings. The summed E-state index contributed by atoms with van der Waals surface area (Å²) in [5.74, 6) is 1.05. The van der Waals surface area contributed by atoms with Gasteiger partial charge in [0.15, 0.2) is 5.16 Å². The van der Waals surface area contributed by atoms with Gasteiger partial charge < -0.3 is 14.6 Å². The van der Waals surface area contributed by atoms with Crippen molar-refractivity contribution in [1.29, 1.82) is 0 Å². The second-order valence-electron chi connectivity index (χ2n) is 7.34. The first kappa shape index (κ1) is 22.2. The molecule has 2 heterocycles. The lowest BCUT2D eigenvalue weighted by atomic mass is 9.86. The van der Waals surface area contributed by atoms with Crippen molar-refractivity contribution in [3.8, 4) is 5.75 Å². The minimum absolute atomic E-state index is 0.134. The zero-order valence-electron chi connectivity index (χ0n) is 17.5. The van der Waals surface area contributed by atoms with Crippen LogP contribution in [0.3, 0.4) is 0 Å². The second-order valence-corrected chi connectivity index (χ2v) is 8.74. The van der Waals surface area contributed by atoms with Crippen LogP contribution in [0.5, 0.6) is 5.75 Å². The molecular weight excluding hydrogens is 446 g/mol. The molecule has 0 spiro atoms. The predicted molar refractivity (Wildman–Crippen MR) is 128 cm³/mol. The Balaban J connectivity index is 1.74. The molecule has 1 atom stereocenters. The van der Waals surface area contributed by atoms with Crippen molar-refractivity contribution in [2.45, 2.75) is 24.1 Å². The quantitative estimate of drug-likeness (QED) is 0.308. The number of carbonyl (C=O) groups is 1. The molecule has 0 unspecified atom stereocenters. The third kappa shape index (κ3) is 4.45. The smallest absolute Gasteiger partial charge is 0.279 e. The fraction of sp³-hybridized carbons (Fsp3) is 0.208. The standard InChI is InChI=1S/C24H22ClN3O3S/c1-3-12-32-24-27-23(30)21-17(13-20(29)26-22(21)28(24)2)16-9-5-7-11-19(16)31-14-15-8-4-6-10-18(15)25/h3-11,17H,1,12-14H2,2H3,(H,26,29)/t17-/m0/s1. The molecule has 32 heavy (non-hydrogen) atoms. The Bertz CT molecular complexity index is 1240. The van der Waals surface area contributed by atoms with Crippen molar-refractivity contribution >= 4 is 35.1 Å². The lowest BCUT2D eigenvalue weighted by Crippen LogP contribution is -2.33. The Morgan fingerprint density at radius 1 is 1.25 bits per heavy atom. The molecule has 4 rings (SSSR count). The van der Waals surface area contributed by atoms with E-state index in [-0.39, 0.29) is 24.5 Å². The minimum Gasteiger partial charge on any atom is -0.489 e. The molecule has 3 aromatic rings. The van der Waals surface area contributed by atoms with Gasteiger partial charge >= 0.3 is 0 Å². The van der Waals surface area contributed by atoms with Crippen LogP contribution in [0.15, 0.2) is 71.1 Å². The highest BCUT2D eigenvalue weighted by molar-refractivity contribution is 7.99. The van der Waals surface area contributed by atoms with Crippen molar-refractivity contribution in [1.82, 2.24) is 9.55 Å². The summed E-state index contributed by atoms with van der Waals surface area (Å²) in [6.45, 7) is 3.98. The largest absolute Gasteiger partial charge is 0.489 e. The van der Waals surface area contributed by atoms with E-state index in [1.54, 1.807) is 17.7 Å². The number of para-hydroxylation sites is 1. The van der Waals surface area contributed by atoms with Gasteiger partial charge in [-0.2, -0.15) is 4.98 Å². The van der Waals surface area contributed by atoms with Crippen molar-refractivity contribution in [2.24, 2.45) is 7.05 Å². The zero-order valence-corrected chi connectivity index (χ0v) is 19.1. The van der Waals surface area contributed by atoms with Gasteiger partial charge in [0.05, 0.1) is 5.56 Å². The van der Waals surface area contributed by atoms with Crippen LogP contribution in [0, 0.1) is 0 Å².